The first-order valence-corrected chi connectivity index (χ1v) is 16.7. The van der Waals surface area contributed by atoms with Gasteiger partial charge in [-0.1, -0.05) is 60.7 Å². The van der Waals surface area contributed by atoms with Gasteiger partial charge in [0, 0.05) is 37.1 Å². The van der Waals surface area contributed by atoms with E-state index in [0.29, 0.717) is 38.8 Å². The van der Waals surface area contributed by atoms with E-state index in [1.54, 1.807) is 36.1 Å². The molecule has 4 rings (SSSR count). The van der Waals surface area contributed by atoms with Crippen LogP contribution in [-0.2, 0) is 29.0 Å². The van der Waals surface area contributed by atoms with Crippen molar-refractivity contribution in [3.05, 3.63) is 88.4 Å². The number of aliphatic hydroxyl groups is 1. The molecule has 0 fully saturated rings. The van der Waals surface area contributed by atoms with E-state index >= 15 is 0 Å². The SMILES string of the molecule is CN(CC1CN=CS1)C(=O)N[C@@H](CO)C(=O)N[C@H](CC[C@H](Cc1ccccc1)NC(=O)OCc1cncs1)Cc1ccccc1. The number of nitrogens with one attached hydrogen (secondary N) is 3. The molecule has 4 atom stereocenters. The summed E-state index contributed by atoms with van der Waals surface area (Å²) in [6, 6.07) is 17.5. The normalized spacial score (nSPS) is 15.9. The van der Waals surface area contributed by atoms with Crippen LogP contribution in [0.1, 0.15) is 28.8 Å². The highest BCUT2D eigenvalue weighted by Crippen LogP contribution is 2.16. The fourth-order valence-electron chi connectivity index (χ4n) is 4.89. The molecular weight excluding hydrogens is 613 g/mol. The molecular formula is C32H40N6O5S2. The average Bonchev–Trinajstić information content (AvgIpc) is 3.77. The summed E-state index contributed by atoms with van der Waals surface area (Å²) in [7, 11) is 1.65. The fourth-order valence-corrected chi connectivity index (χ4v) is 6.22. The topological polar surface area (TPSA) is 145 Å². The Morgan fingerprint density at radius 2 is 1.62 bits per heavy atom. The lowest BCUT2D eigenvalue weighted by Gasteiger charge is -2.27. The molecule has 0 radical (unpaired) electrons. The molecule has 11 nitrogen and oxygen atoms in total. The summed E-state index contributed by atoms with van der Waals surface area (Å²) in [6.45, 7) is 0.694. The summed E-state index contributed by atoms with van der Waals surface area (Å²) < 4.78 is 5.44. The Morgan fingerprint density at radius 3 is 2.18 bits per heavy atom. The molecule has 2 heterocycles. The maximum Gasteiger partial charge on any atom is 0.407 e. The van der Waals surface area contributed by atoms with Gasteiger partial charge in [0.05, 0.1) is 29.1 Å². The monoisotopic (exact) mass is 652 g/mol. The van der Waals surface area contributed by atoms with E-state index in [1.807, 2.05) is 60.7 Å². The molecule has 4 N–H and O–H groups in total. The van der Waals surface area contributed by atoms with Gasteiger partial charge in [-0.05, 0) is 36.8 Å². The number of thiazole rings is 1. The standard InChI is InChI=1S/C32H40N6O5S2/c1-38(18-27-16-33-21-44-27)31(41)37-29(19-39)30(40)35-25(14-23-8-4-2-5-9-23)12-13-26(15-24-10-6-3-7-11-24)36-32(42)43-20-28-17-34-22-45-28/h2-11,17,21-22,25-27,29,39H,12-16,18-20H2,1H3,(H,35,40)(H,36,42)(H,37,41)/t25-,26-,27?,29+/m1/s1. The van der Waals surface area contributed by atoms with Crippen LogP contribution in [0.25, 0.3) is 0 Å². The lowest BCUT2D eigenvalue weighted by atomic mass is 9.96. The third-order valence-corrected chi connectivity index (χ3v) is 8.98. The highest BCUT2D eigenvalue weighted by molar-refractivity contribution is 8.12. The van der Waals surface area contributed by atoms with Gasteiger partial charge in [0.2, 0.25) is 5.91 Å². The number of alkyl carbamates (subject to hydrolysis) is 1. The smallest absolute Gasteiger partial charge is 0.407 e. The van der Waals surface area contributed by atoms with Crippen molar-refractivity contribution in [1.29, 1.82) is 0 Å². The number of nitrogens with zero attached hydrogens (tertiary/aromatic N) is 3. The van der Waals surface area contributed by atoms with Crippen LogP contribution in [0, 0.1) is 0 Å². The largest absolute Gasteiger partial charge is 0.444 e. The Morgan fingerprint density at radius 1 is 0.978 bits per heavy atom. The summed E-state index contributed by atoms with van der Waals surface area (Å²) >= 11 is 2.98. The average molecular weight is 653 g/mol. The second-order valence-corrected chi connectivity index (χ2v) is 13.0. The van der Waals surface area contributed by atoms with Crippen LogP contribution >= 0.6 is 23.1 Å². The minimum absolute atomic E-state index is 0.137. The van der Waals surface area contributed by atoms with Gasteiger partial charge < -0.3 is 30.7 Å². The van der Waals surface area contributed by atoms with Gasteiger partial charge in [-0.15, -0.1) is 23.1 Å². The number of urea groups is 1. The fraction of sp³-hybridized carbons (Fsp3) is 0.406. The number of benzene rings is 2. The first kappa shape index (κ1) is 33.9. The van der Waals surface area contributed by atoms with E-state index in [2.05, 4.69) is 25.9 Å². The predicted octanol–water partition coefficient (Wildman–Crippen LogP) is 3.63. The van der Waals surface area contributed by atoms with Gasteiger partial charge in [-0.25, -0.2) is 9.59 Å². The van der Waals surface area contributed by atoms with Crippen LogP contribution in [0.15, 0.2) is 77.4 Å². The van der Waals surface area contributed by atoms with E-state index in [-0.39, 0.29) is 23.9 Å². The number of aliphatic imine (C=N–C) groups is 1. The number of amides is 4. The van der Waals surface area contributed by atoms with Crippen LogP contribution in [0.4, 0.5) is 9.59 Å². The van der Waals surface area contributed by atoms with Gasteiger partial charge in [0.25, 0.3) is 0 Å². The van der Waals surface area contributed by atoms with Crippen LogP contribution < -0.4 is 16.0 Å². The van der Waals surface area contributed by atoms with Gasteiger partial charge in [0.1, 0.15) is 12.6 Å². The van der Waals surface area contributed by atoms with Gasteiger partial charge in [-0.3, -0.25) is 14.8 Å². The first-order chi connectivity index (χ1) is 21.9. The first-order valence-electron chi connectivity index (χ1n) is 14.8. The van der Waals surface area contributed by atoms with Crippen molar-refractivity contribution in [1.82, 2.24) is 25.8 Å². The Hall–Kier alpha value is -3.94. The van der Waals surface area contributed by atoms with Crippen molar-refractivity contribution < 1.29 is 24.2 Å². The minimum atomic E-state index is -1.12. The molecule has 3 aromatic rings. The summed E-state index contributed by atoms with van der Waals surface area (Å²) in [4.78, 5) is 49.5. The molecule has 2 aromatic carbocycles. The van der Waals surface area contributed by atoms with E-state index in [0.717, 1.165) is 16.0 Å². The predicted molar refractivity (Wildman–Crippen MR) is 177 cm³/mol. The Balaban J connectivity index is 1.39. The van der Waals surface area contributed by atoms with Crippen molar-refractivity contribution in [2.75, 3.05) is 26.7 Å². The molecule has 0 aliphatic carbocycles. The molecule has 1 aliphatic heterocycles. The maximum absolute atomic E-state index is 13.4. The molecule has 1 unspecified atom stereocenters. The maximum atomic E-state index is 13.4. The number of hydrogen-bond donors (Lipinski definition) is 4. The lowest BCUT2D eigenvalue weighted by Crippen LogP contribution is -2.55. The summed E-state index contributed by atoms with van der Waals surface area (Å²) in [5.74, 6) is -0.477. The second kappa shape index (κ2) is 18.1. The van der Waals surface area contributed by atoms with Crippen LogP contribution in [0.3, 0.4) is 0 Å². The second-order valence-electron chi connectivity index (χ2n) is 10.8. The Kier molecular flexibility index (Phi) is 13.7. The van der Waals surface area contributed by atoms with E-state index in [9.17, 15) is 19.5 Å². The van der Waals surface area contributed by atoms with E-state index in [1.165, 1.54) is 16.2 Å². The molecule has 0 saturated carbocycles. The van der Waals surface area contributed by atoms with Gasteiger partial charge >= 0.3 is 12.1 Å². The number of rotatable bonds is 16. The number of aromatic nitrogens is 1. The van der Waals surface area contributed by atoms with Crippen molar-refractivity contribution in [3.63, 3.8) is 0 Å². The number of carbonyl (C=O) groups is 3. The highest BCUT2D eigenvalue weighted by atomic mass is 32.2. The molecule has 1 aromatic heterocycles. The molecule has 13 heteroatoms. The zero-order valence-electron chi connectivity index (χ0n) is 25.2. The number of carbonyl (C=O) groups excluding carboxylic acids is 3. The summed E-state index contributed by atoms with van der Waals surface area (Å²) in [5.41, 5.74) is 5.55. The number of ether oxygens (including phenoxy) is 1. The third kappa shape index (κ3) is 11.8. The molecule has 0 spiro atoms. The zero-order valence-corrected chi connectivity index (χ0v) is 26.8. The van der Waals surface area contributed by atoms with Crippen LogP contribution in [-0.4, -0.2) is 88.7 Å². The molecule has 0 saturated heterocycles. The molecule has 45 heavy (non-hydrogen) atoms. The molecule has 4 amide bonds. The Bertz CT molecular complexity index is 1350. The zero-order chi connectivity index (χ0) is 31.9. The molecule has 1 aliphatic rings. The van der Waals surface area contributed by atoms with E-state index < -0.39 is 30.7 Å². The summed E-state index contributed by atoms with van der Waals surface area (Å²) in [5, 5.41) is 18.9. The number of hydrogen-bond acceptors (Lipinski definition) is 9. The third-order valence-electron chi connectivity index (χ3n) is 7.27. The van der Waals surface area contributed by atoms with Crippen LogP contribution in [0.2, 0.25) is 0 Å². The molecule has 240 valence electrons. The molecule has 0 bridgehead atoms. The summed E-state index contributed by atoms with van der Waals surface area (Å²) in [6.07, 6.45) is 3.32. The van der Waals surface area contributed by atoms with Crippen LogP contribution in [0.5, 0.6) is 0 Å². The quantitative estimate of drug-likeness (QED) is 0.185. The number of aliphatic hydroxyl groups excluding tert-OH is 1. The van der Waals surface area contributed by atoms with Crippen molar-refractivity contribution in [2.45, 2.75) is 55.7 Å². The minimum Gasteiger partial charge on any atom is -0.444 e. The van der Waals surface area contributed by atoms with Crippen molar-refractivity contribution >= 4 is 46.7 Å². The van der Waals surface area contributed by atoms with Gasteiger partial charge in [-0.2, -0.15) is 0 Å². The van der Waals surface area contributed by atoms with E-state index in [4.69, 9.17) is 4.74 Å². The van der Waals surface area contributed by atoms with Crippen molar-refractivity contribution in [3.8, 4) is 0 Å². The highest BCUT2D eigenvalue weighted by Gasteiger charge is 2.26. The van der Waals surface area contributed by atoms with Crippen molar-refractivity contribution in [2.24, 2.45) is 4.99 Å². The Labute approximate surface area is 271 Å². The number of thioether (sulfide) groups is 1. The van der Waals surface area contributed by atoms with Gasteiger partial charge in [0.15, 0.2) is 0 Å². The lowest BCUT2D eigenvalue weighted by molar-refractivity contribution is -0.124.